The van der Waals surface area contributed by atoms with Crippen LogP contribution < -0.4 is 5.32 Å². The van der Waals surface area contributed by atoms with E-state index in [4.69, 9.17) is 0 Å². The van der Waals surface area contributed by atoms with Gasteiger partial charge in [0.25, 0.3) is 10.0 Å². The second-order valence-electron chi connectivity index (χ2n) is 5.54. The molecule has 0 aliphatic heterocycles. The summed E-state index contributed by atoms with van der Waals surface area (Å²) in [7, 11) is -1.85. The number of rotatable bonds is 8. The Morgan fingerprint density at radius 3 is 2.75 bits per heavy atom. The predicted molar refractivity (Wildman–Crippen MR) is 77.9 cm³/mol. The van der Waals surface area contributed by atoms with E-state index in [0.29, 0.717) is 19.0 Å². The van der Waals surface area contributed by atoms with Crippen LogP contribution in [0.4, 0.5) is 0 Å². The highest BCUT2D eigenvalue weighted by molar-refractivity contribution is 7.89. The van der Waals surface area contributed by atoms with Gasteiger partial charge in [-0.05, 0) is 38.6 Å². The van der Waals surface area contributed by atoms with Gasteiger partial charge in [-0.25, -0.2) is 8.42 Å². The second-order valence-corrected chi connectivity index (χ2v) is 7.50. The molecule has 1 fully saturated rings. The first-order valence-electron chi connectivity index (χ1n) is 7.17. The molecule has 20 heavy (non-hydrogen) atoms. The van der Waals surface area contributed by atoms with E-state index < -0.39 is 10.0 Å². The number of sulfonamides is 1. The lowest BCUT2D eigenvalue weighted by Gasteiger charge is -2.16. The number of nitrogens with one attached hydrogen (secondary N) is 2. The van der Waals surface area contributed by atoms with Crippen LogP contribution in [0.1, 0.15) is 37.4 Å². The quantitative estimate of drug-likeness (QED) is 0.708. The number of nitrogens with zero attached hydrogens (tertiary/aromatic N) is 2. The van der Waals surface area contributed by atoms with Crippen LogP contribution in [0.15, 0.2) is 5.03 Å². The Balaban J connectivity index is 2.17. The van der Waals surface area contributed by atoms with Gasteiger partial charge in [0.05, 0.1) is 0 Å². The third kappa shape index (κ3) is 3.39. The van der Waals surface area contributed by atoms with Gasteiger partial charge in [0.15, 0.2) is 5.03 Å². The minimum atomic E-state index is -3.49. The van der Waals surface area contributed by atoms with E-state index in [1.54, 1.807) is 7.05 Å². The fraction of sp³-hybridized carbons (Fsp3) is 0.769. The van der Waals surface area contributed by atoms with E-state index in [0.717, 1.165) is 37.1 Å². The highest BCUT2D eigenvalue weighted by Gasteiger charge is 2.32. The van der Waals surface area contributed by atoms with E-state index >= 15 is 0 Å². The van der Waals surface area contributed by atoms with Gasteiger partial charge in [-0.15, -0.1) is 0 Å². The molecule has 1 heterocycles. The van der Waals surface area contributed by atoms with Crippen molar-refractivity contribution in [2.45, 2.75) is 44.7 Å². The molecule has 0 saturated heterocycles. The maximum absolute atomic E-state index is 12.6. The number of hydrogen-bond acceptors (Lipinski definition) is 4. The standard InChI is InChI=1S/C13H24N4O2S/c1-4-7-14-8-12-10(2)15-16-13(12)20(18,19)17(3)9-11-5-6-11/h11,14H,4-9H2,1-3H3,(H,15,16). The number of aromatic amines is 1. The molecule has 1 aliphatic rings. The zero-order chi connectivity index (χ0) is 14.8. The Morgan fingerprint density at radius 1 is 1.45 bits per heavy atom. The molecule has 114 valence electrons. The summed E-state index contributed by atoms with van der Waals surface area (Å²) in [6.45, 7) is 5.92. The molecule has 0 radical (unpaired) electrons. The second kappa shape index (κ2) is 6.24. The summed E-state index contributed by atoms with van der Waals surface area (Å²) < 4.78 is 26.6. The lowest BCUT2D eigenvalue weighted by molar-refractivity contribution is 0.449. The molecular weight excluding hydrogens is 276 g/mol. The molecule has 2 N–H and O–H groups in total. The molecule has 6 nitrogen and oxygen atoms in total. The van der Waals surface area contributed by atoms with Crippen LogP contribution in [0.25, 0.3) is 0 Å². The zero-order valence-corrected chi connectivity index (χ0v) is 13.3. The molecule has 0 amide bonds. The summed E-state index contributed by atoms with van der Waals surface area (Å²) in [4.78, 5) is 0. The van der Waals surface area contributed by atoms with Gasteiger partial charge in [-0.3, -0.25) is 5.10 Å². The molecule has 1 aromatic rings. The number of aromatic nitrogens is 2. The first-order valence-corrected chi connectivity index (χ1v) is 8.61. The van der Waals surface area contributed by atoms with E-state index in [1.165, 1.54) is 4.31 Å². The molecule has 0 bridgehead atoms. The smallest absolute Gasteiger partial charge is 0.262 e. The molecule has 0 atom stereocenters. The van der Waals surface area contributed by atoms with Gasteiger partial charge in [0.1, 0.15) is 0 Å². The molecule has 0 aromatic carbocycles. The Bertz CT molecular complexity index is 549. The summed E-state index contributed by atoms with van der Waals surface area (Å²) >= 11 is 0. The van der Waals surface area contributed by atoms with Crippen molar-refractivity contribution in [3.8, 4) is 0 Å². The zero-order valence-electron chi connectivity index (χ0n) is 12.4. The summed E-state index contributed by atoms with van der Waals surface area (Å²) in [5.74, 6) is 0.525. The van der Waals surface area contributed by atoms with E-state index in [1.807, 2.05) is 6.92 Å². The van der Waals surface area contributed by atoms with Crippen molar-refractivity contribution in [3.05, 3.63) is 11.3 Å². The topological polar surface area (TPSA) is 78.1 Å². The van der Waals surface area contributed by atoms with Crippen LogP contribution in [0.2, 0.25) is 0 Å². The largest absolute Gasteiger partial charge is 0.313 e. The summed E-state index contributed by atoms with van der Waals surface area (Å²) in [5.41, 5.74) is 1.56. The fourth-order valence-corrected chi connectivity index (χ4v) is 3.55. The van der Waals surface area contributed by atoms with Crippen molar-refractivity contribution in [3.63, 3.8) is 0 Å². The van der Waals surface area contributed by atoms with Crippen molar-refractivity contribution in [1.82, 2.24) is 19.8 Å². The van der Waals surface area contributed by atoms with Crippen molar-refractivity contribution >= 4 is 10.0 Å². The van der Waals surface area contributed by atoms with Crippen LogP contribution in [0, 0.1) is 12.8 Å². The first kappa shape index (κ1) is 15.5. The lowest BCUT2D eigenvalue weighted by Crippen LogP contribution is -2.30. The number of hydrogen-bond donors (Lipinski definition) is 2. The van der Waals surface area contributed by atoms with Crippen LogP contribution in [0.5, 0.6) is 0 Å². The molecular formula is C13H24N4O2S. The maximum Gasteiger partial charge on any atom is 0.262 e. The Hall–Kier alpha value is -0.920. The Morgan fingerprint density at radius 2 is 2.15 bits per heavy atom. The third-order valence-electron chi connectivity index (χ3n) is 3.63. The first-order chi connectivity index (χ1) is 9.46. The predicted octanol–water partition coefficient (Wildman–Crippen LogP) is 1.25. The normalized spacial score (nSPS) is 16.0. The van der Waals surface area contributed by atoms with Gasteiger partial charge in [0, 0.05) is 31.4 Å². The molecule has 0 unspecified atom stereocenters. The third-order valence-corrected chi connectivity index (χ3v) is 5.43. The molecule has 7 heteroatoms. The van der Waals surface area contributed by atoms with Crippen LogP contribution in [-0.4, -0.2) is 43.1 Å². The molecule has 1 saturated carbocycles. The molecule has 1 aromatic heterocycles. The SMILES string of the molecule is CCCNCc1c(S(=O)(=O)N(C)CC2CC2)n[nH]c1C. The van der Waals surface area contributed by atoms with Gasteiger partial charge >= 0.3 is 0 Å². The maximum atomic E-state index is 12.6. The molecule has 0 spiro atoms. The minimum absolute atomic E-state index is 0.168. The van der Waals surface area contributed by atoms with Crippen molar-refractivity contribution in [1.29, 1.82) is 0 Å². The van der Waals surface area contributed by atoms with Gasteiger partial charge in [-0.1, -0.05) is 6.92 Å². The van der Waals surface area contributed by atoms with E-state index in [2.05, 4.69) is 22.4 Å². The molecule has 1 aliphatic carbocycles. The Labute approximate surface area is 121 Å². The van der Waals surface area contributed by atoms with Crippen molar-refractivity contribution in [2.75, 3.05) is 20.1 Å². The van der Waals surface area contributed by atoms with Gasteiger partial charge in [0.2, 0.25) is 0 Å². The van der Waals surface area contributed by atoms with Gasteiger partial charge < -0.3 is 5.32 Å². The van der Waals surface area contributed by atoms with Crippen LogP contribution in [0.3, 0.4) is 0 Å². The van der Waals surface area contributed by atoms with E-state index in [-0.39, 0.29) is 5.03 Å². The summed E-state index contributed by atoms with van der Waals surface area (Å²) in [5, 5.41) is 10.2. The fourth-order valence-electron chi connectivity index (χ4n) is 2.15. The summed E-state index contributed by atoms with van der Waals surface area (Å²) in [6.07, 6.45) is 3.27. The van der Waals surface area contributed by atoms with Crippen molar-refractivity contribution in [2.24, 2.45) is 5.92 Å². The van der Waals surface area contributed by atoms with Crippen LogP contribution >= 0.6 is 0 Å². The minimum Gasteiger partial charge on any atom is -0.313 e. The average Bonchev–Trinajstić information content (AvgIpc) is 3.13. The lowest BCUT2D eigenvalue weighted by atomic mass is 10.2. The Kier molecular flexibility index (Phi) is 4.82. The highest BCUT2D eigenvalue weighted by Crippen LogP contribution is 2.31. The summed E-state index contributed by atoms with van der Waals surface area (Å²) in [6, 6.07) is 0. The van der Waals surface area contributed by atoms with E-state index in [9.17, 15) is 8.42 Å². The van der Waals surface area contributed by atoms with Crippen molar-refractivity contribution < 1.29 is 8.42 Å². The number of H-pyrrole nitrogens is 1. The van der Waals surface area contributed by atoms with Gasteiger partial charge in [-0.2, -0.15) is 9.40 Å². The number of aryl methyl sites for hydroxylation is 1. The monoisotopic (exact) mass is 300 g/mol. The van der Waals surface area contributed by atoms with Crippen LogP contribution in [-0.2, 0) is 16.6 Å². The highest BCUT2D eigenvalue weighted by atomic mass is 32.2. The average molecular weight is 300 g/mol. The molecule has 2 rings (SSSR count).